The van der Waals surface area contributed by atoms with Crippen molar-refractivity contribution in [3.63, 3.8) is 0 Å². The van der Waals surface area contributed by atoms with Crippen LogP contribution in [-0.4, -0.2) is 35.0 Å². The van der Waals surface area contributed by atoms with Crippen LogP contribution in [0.25, 0.3) is 0 Å². The van der Waals surface area contributed by atoms with Crippen molar-refractivity contribution < 1.29 is 14.3 Å². The molecular weight excluding hydrogens is 254 g/mol. The van der Waals surface area contributed by atoms with Crippen LogP contribution in [0.4, 0.5) is 0 Å². The first-order valence-corrected chi connectivity index (χ1v) is 8.08. The Morgan fingerprint density at radius 3 is 2.45 bits per heavy atom. The molecule has 3 rings (SSSR count). The summed E-state index contributed by atoms with van der Waals surface area (Å²) in [5.41, 5.74) is 0. The van der Waals surface area contributed by atoms with Gasteiger partial charge in [-0.3, -0.25) is 9.59 Å². The molecule has 0 spiro atoms. The normalized spacial score (nSPS) is 38.0. The molecule has 0 saturated carbocycles. The lowest BCUT2D eigenvalue weighted by molar-refractivity contribution is -0.147. The number of fused-ring (bicyclic) bond motifs is 1. The summed E-state index contributed by atoms with van der Waals surface area (Å²) in [7, 11) is 0. The molecule has 3 saturated heterocycles. The van der Waals surface area contributed by atoms with Crippen LogP contribution in [0.2, 0.25) is 0 Å². The highest BCUT2D eigenvalue weighted by molar-refractivity contribution is 5.78. The third kappa shape index (κ3) is 2.33. The Hall–Kier alpha value is -1.06. The average molecular weight is 279 g/mol. The van der Waals surface area contributed by atoms with Crippen LogP contribution in [-0.2, 0) is 14.3 Å². The molecular formula is C16H25NO3. The minimum absolute atomic E-state index is 0.0534. The molecule has 1 amide bonds. The minimum Gasteiger partial charge on any atom is -0.460 e. The molecule has 0 aliphatic carbocycles. The summed E-state index contributed by atoms with van der Waals surface area (Å²) in [6.45, 7) is 4.53. The molecule has 3 fully saturated rings. The second-order valence-corrected chi connectivity index (χ2v) is 6.88. The number of hydrogen-bond acceptors (Lipinski definition) is 3. The van der Waals surface area contributed by atoms with E-state index in [9.17, 15) is 9.59 Å². The van der Waals surface area contributed by atoms with Crippen molar-refractivity contribution in [2.75, 3.05) is 0 Å². The van der Waals surface area contributed by atoms with Gasteiger partial charge in [0.2, 0.25) is 5.91 Å². The molecule has 3 heterocycles. The van der Waals surface area contributed by atoms with Gasteiger partial charge in [-0.2, -0.15) is 0 Å². The number of nitrogens with zero attached hydrogens (tertiary/aromatic N) is 1. The smallest absolute Gasteiger partial charge is 0.306 e. The summed E-state index contributed by atoms with van der Waals surface area (Å²) in [6, 6.07) is 0.507. The summed E-state index contributed by atoms with van der Waals surface area (Å²) >= 11 is 0. The third-order valence-electron chi connectivity index (χ3n) is 5.38. The van der Waals surface area contributed by atoms with Gasteiger partial charge in [0.15, 0.2) is 0 Å². The number of ether oxygens (including phenoxy) is 1. The van der Waals surface area contributed by atoms with Crippen LogP contribution in [0, 0.1) is 11.8 Å². The fraction of sp³-hybridized carbons (Fsp3) is 0.875. The van der Waals surface area contributed by atoms with Crippen molar-refractivity contribution in [2.45, 2.75) is 77.0 Å². The second-order valence-electron chi connectivity index (χ2n) is 6.88. The van der Waals surface area contributed by atoms with E-state index in [1.54, 1.807) is 0 Å². The predicted molar refractivity (Wildman–Crippen MR) is 74.9 cm³/mol. The lowest BCUT2D eigenvalue weighted by Gasteiger charge is -2.36. The van der Waals surface area contributed by atoms with Gasteiger partial charge >= 0.3 is 5.97 Å². The van der Waals surface area contributed by atoms with Gasteiger partial charge in [-0.05, 0) is 43.9 Å². The molecule has 0 bridgehead atoms. The van der Waals surface area contributed by atoms with E-state index in [0.717, 1.165) is 32.1 Å². The molecule has 4 heteroatoms. The molecule has 0 aromatic rings. The Kier molecular flexibility index (Phi) is 3.74. The fourth-order valence-corrected chi connectivity index (χ4v) is 4.43. The number of hydrogen-bond donors (Lipinski definition) is 0. The zero-order valence-electron chi connectivity index (χ0n) is 12.5. The van der Waals surface area contributed by atoms with Crippen LogP contribution in [0.15, 0.2) is 0 Å². The first-order valence-electron chi connectivity index (χ1n) is 8.08. The predicted octanol–water partition coefficient (Wildman–Crippen LogP) is 2.51. The standard InChI is InChI=1S/C16H25NO3/c1-10(2)11-4-3-5-15(18)17-12(11)6-7-13(17)14-8-9-16(19)20-14/h10-14H,3-9H2,1-2H3/t11-,12+,13+,14-/m1/s1. The minimum atomic E-state index is -0.0962. The highest BCUT2D eigenvalue weighted by Crippen LogP contribution is 2.41. The molecule has 0 radical (unpaired) electrons. The van der Waals surface area contributed by atoms with Gasteiger partial charge in [-0.1, -0.05) is 13.8 Å². The molecule has 0 unspecified atom stereocenters. The van der Waals surface area contributed by atoms with Gasteiger partial charge in [0.1, 0.15) is 6.10 Å². The molecule has 0 aromatic carbocycles. The van der Waals surface area contributed by atoms with E-state index < -0.39 is 0 Å². The molecule has 0 aromatic heterocycles. The van der Waals surface area contributed by atoms with Crippen molar-refractivity contribution in [1.29, 1.82) is 0 Å². The lowest BCUT2D eigenvalue weighted by Crippen LogP contribution is -2.48. The summed E-state index contributed by atoms with van der Waals surface area (Å²) < 4.78 is 5.45. The molecule has 4 nitrogen and oxygen atoms in total. The molecule has 20 heavy (non-hydrogen) atoms. The van der Waals surface area contributed by atoms with Gasteiger partial charge in [-0.25, -0.2) is 0 Å². The van der Waals surface area contributed by atoms with E-state index in [1.165, 1.54) is 0 Å². The van der Waals surface area contributed by atoms with E-state index in [2.05, 4.69) is 18.7 Å². The summed E-state index contributed by atoms with van der Waals surface area (Å²) in [5.74, 6) is 1.39. The van der Waals surface area contributed by atoms with E-state index in [0.29, 0.717) is 30.7 Å². The average Bonchev–Trinajstić information content (AvgIpc) is 2.96. The Morgan fingerprint density at radius 2 is 1.80 bits per heavy atom. The van der Waals surface area contributed by atoms with Crippen LogP contribution < -0.4 is 0 Å². The number of amides is 1. The van der Waals surface area contributed by atoms with Crippen LogP contribution >= 0.6 is 0 Å². The van der Waals surface area contributed by atoms with Gasteiger partial charge in [-0.15, -0.1) is 0 Å². The zero-order valence-corrected chi connectivity index (χ0v) is 12.5. The van der Waals surface area contributed by atoms with E-state index >= 15 is 0 Å². The fourth-order valence-electron chi connectivity index (χ4n) is 4.43. The highest BCUT2D eigenvalue weighted by atomic mass is 16.6. The molecule has 3 aliphatic heterocycles. The van der Waals surface area contributed by atoms with Gasteiger partial charge in [0.05, 0.1) is 6.04 Å². The van der Waals surface area contributed by atoms with E-state index in [4.69, 9.17) is 4.74 Å². The van der Waals surface area contributed by atoms with Crippen LogP contribution in [0.1, 0.15) is 58.8 Å². The number of carbonyl (C=O) groups excluding carboxylic acids is 2. The van der Waals surface area contributed by atoms with Crippen molar-refractivity contribution in [1.82, 2.24) is 4.90 Å². The quantitative estimate of drug-likeness (QED) is 0.730. The Bertz CT molecular complexity index is 407. The van der Waals surface area contributed by atoms with Crippen molar-refractivity contribution in [2.24, 2.45) is 11.8 Å². The van der Waals surface area contributed by atoms with Crippen LogP contribution in [0.5, 0.6) is 0 Å². The monoisotopic (exact) mass is 279 g/mol. The topological polar surface area (TPSA) is 46.6 Å². The van der Waals surface area contributed by atoms with Gasteiger partial charge in [0.25, 0.3) is 0 Å². The van der Waals surface area contributed by atoms with E-state index in [-0.39, 0.29) is 24.0 Å². The SMILES string of the molecule is CC(C)[C@H]1CCCC(=O)N2[C@H]1CC[C@H]2[C@H]1CCC(=O)O1. The lowest BCUT2D eigenvalue weighted by atomic mass is 9.84. The first kappa shape index (κ1) is 13.9. The van der Waals surface area contributed by atoms with Gasteiger partial charge in [0, 0.05) is 18.9 Å². The Labute approximate surface area is 120 Å². The van der Waals surface area contributed by atoms with E-state index in [1.807, 2.05) is 0 Å². The maximum atomic E-state index is 12.5. The molecule has 4 atom stereocenters. The summed E-state index contributed by atoms with van der Waals surface area (Å²) in [4.78, 5) is 26.0. The maximum Gasteiger partial charge on any atom is 0.306 e. The first-order chi connectivity index (χ1) is 9.58. The summed E-state index contributed by atoms with van der Waals surface area (Å²) in [5, 5.41) is 0. The molecule has 3 aliphatic rings. The van der Waals surface area contributed by atoms with Crippen LogP contribution in [0.3, 0.4) is 0 Å². The van der Waals surface area contributed by atoms with Crippen molar-refractivity contribution in [3.8, 4) is 0 Å². The summed E-state index contributed by atoms with van der Waals surface area (Å²) in [6.07, 6.45) is 6.14. The number of cyclic esters (lactones) is 1. The Balaban J connectivity index is 1.82. The Morgan fingerprint density at radius 1 is 1.05 bits per heavy atom. The van der Waals surface area contributed by atoms with Gasteiger partial charge < -0.3 is 9.64 Å². The van der Waals surface area contributed by atoms with Crippen molar-refractivity contribution in [3.05, 3.63) is 0 Å². The number of carbonyl (C=O) groups is 2. The third-order valence-corrected chi connectivity index (χ3v) is 5.38. The van der Waals surface area contributed by atoms with Crippen molar-refractivity contribution >= 4 is 11.9 Å². The largest absolute Gasteiger partial charge is 0.460 e. The molecule has 112 valence electrons. The second kappa shape index (κ2) is 5.38. The number of rotatable bonds is 2. The highest BCUT2D eigenvalue weighted by Gasteiger charge is 2.47. The number of esters is 1. The maximum absolute atomic E-state index is 12.5. The molecule has 0 N–H and O–H groups in total. The zero-order chi connectivity index (χ0) is 14.3.